The molecule has 0 aromatic carbocycles. The first-order chi connectivity index (χ1) is 22.3. The summed E-state index contributed by atoms with van der Waals surface area (Å²) in [6.45, 7) is 8.15. The summed E-state index contributed by atoms with van der Waals surface area (Å²) in [5.74, 6) is 0. The number of aromatic nitrogens is 1. The van der Waals surface area contributed by atoms with Crippen molar-refractivity contribution in [3.63, 3.8) is 0 Å². The van der Waals surface area contributed by atoms with E-state index in [1.807, 2.05) is 0 Å². The van der Waals surface area contributed by atoms with Crippen LogP contribution in [0.1, 0.15) is 244 Å². The molecule has 0 fully saturated rings. The Morgan fingerprint density at radius 2 is 0.622 bits per heavy atom. The van der Waals surface area contributed by atoms with Gasteiger partial charge in [0.1, 0.15) is 6.54 Å². The van der Waals surface area contributed by atoms with Crippen molar-refractivity contribution in [3.8, 4) is 0 Å². The number of nitrogens with zero attached hydrogens (tertiary/aromatic N) is 1. The number of aryl methyl sites for hydroxylation is 3. The maximum absolute atomic E-state index is 2.56. The van der Waals surface area contributed by atoms with Gasteiger partial charge in [0.05, 0.1) is 0 Å². The molecule has 1 aromatic heterocycles. The molecule has 45 heavy (non-hydrogen) atoms. The standard InChI is InChI=1S/C44H84N/c1-4-7-10-13-16-19-22-23-24-27-30-33-36-40-45-41-39-43(37-34-31-28-25-20-17-14-11-8-5-2)44(42-45)38-35-32-29-26-21-18-15-12-9-6-3/h39,41-42H,4-38,40H2,1-3H3/q+1. The second kappa shape index (κ2) is 34.5. The van der Waals surface area contributed by atoms with E-state index < -0.39 is 0 Å². The van der Waals surface area contributed by atoms with Crippen LogP contribution in [-0.2, 0) is 19.4 Å². The molecule has 1 aromatic rings. The summed E-state index contributed by atoms with van der Waals surface area (Å²) in [5, 5.41) is 0. The largest absolute Gasteiger partial charge is 0.205 e. The second-order valence-corrected chi connectivity index (χ2v) is 14.8. The molecule has 264 valence electrons. The molecule has 0 amide bonds. The summed E-state index contributed by atoms with van der Waals surface area (Å²) < 4.78 is 2.53. The third-order valence-electron chi connectivity index (χ3n) is 10.3. The third-order valence-corrected chi connectivity index (χ3v) is 10.3. The Labute approximate surface area is 285 Å². The number of rotatable bonds is 36. The summed E-state index contributed by atoms with van der Waals surface area (Å²) in [6, 6.07) is 2.50. The van der Waals surface area contributed by atoms with Gasteiger partial charge >= 0.3 is 0 Å². The predicted molar refractivity (Wildman–Crippen MR) is 203 cm³/mol. The van der Waals surface area contributed by atoms with E-state index in [4.69, 9.17) is 0 Å². The zero-order valence-electron chi connectivity index (χ0n) is 31.6. The van der Waals surface area contributed by atoms with Crippen LogP contribution < -0.4 is 4.57 Å². The van der Waals surface area contributed by atoms with Crippen LogP contribution >= 0.6 is 0 Å². The molecule has 0 radical (unpaired) electrons. The summed E-state index contributed by atoms with van der Waals surface area (Å²) in [6.07, 6.45) is 54.8. The summed E-state index contributed by atoms with van der Waals surface area (Å²) in [7, 11) is 0. The zero-order chi connectivity index (χ0) is 32.3. The van der Waals surface area contributed by atoms with Crippen LogP contribution in [0.2, 0.25) is 0 Å². The van der Waals surface area contributed by atoms with Crippen LogP contribution in [0.25, 0.3) is 0 Å². The van der Waals surface area contributed by atoms with Gasteiger partial charge in [0.25, 0.3) is 0 Å². The molecule has 0 spiro atoms. The molecular formula is C44H84N+. The summed E-state index contributed by atoms with van der Waals surface area (Å²) in [4.78, 5) is 0. The van der Waals surface area contributed by atoms with E-state index in [1.54, 1.807) is 11.1 Å². The van der Waals surface area contributed by atoms with Gasteiger partial charge in [-0.2, -0.15) is 0 Å². The molecule has 1 nitrogen and oxygen atoms in total. The molecule has 0 saturated carbocycles. The van der Waals surface area contributed by atoms with Gasteiger partial charge in [0.2, 0.25) is 0 Å². The number of hydrogen-bond acceptors (Lipinski definition) is 0. The van der Waals surface area contributed by atoms with Gasteiger partial charge in [-0.05, 0) is 37.7 Å². The molecule has 0 unspecified atom stereocenters. The van der Waals surface area contributed by atoms with Crippen molar-refractivity contribution in [1.29, 1.82) is 0 Å². The molecule has 0 aliphatic rings. The number of hydrogen-bond donors (Lipinski definition) is 0. The average Bonchev–Trinajstić information content (AvgIpc) is 3.05. The van der Waals surface area contributed by atoms with Gasteiger partial charge in [-0.1, -0.05) is 207 Å². The van der Waals surface area contributed by atoms with Crippen molar-refractivity contribution < 1.29 is 4.57 Å². The molecule has 0 atom stereocenters. The van der Waals surface area contributed by atoms with E-state index in [1.165, 1.54) is 231 Å². The van der Waals surface area contributed by atoms with Crippen LogP contribution in [-0.4, -0.2) is 0 Å². The highest BCUT2D eigenvalue weighted by Crippen LogP contribution is 2.18. The van der Waals surface area contributed by atoms with E-state index in [-0.39, 0.29) is 0 Å². The monoisotopic (exact) mass is 627 g/mol. The lowest BCUT2D eigenvalue weighted by molar-refractivity contribution is -0.697. The first-order valence-corrected chi connectivity index (χ1v) is 21.3. The highest BCUT2D eigenvalue weighted by atomic mass is 14.9. The van der Waals surface area contributed by atoms with E-state index in [0.29, 0.717) is 0 Å². The highest BCUT2D eigenvalue weighted by Gasteiger charge is 2.10. The van der Waals surface area contributed by atoms with E-state index in [9.17, 15) is 0 Å². The lowest BCUT2D eigenvalue weighted by atomic mass is 9.97. The van der Waals surface area contributed by atoms with Gasteiger partial charge in [0.15, 0.2) is 12.4 Å². The summed E-state index contributed by atoms with van der Waals surface area (Å²) >= 11 is 0. The first-order valence-electron chi connectivity index (χ1n) is 21.3. The lowest BCUT2D eigenvalue weighted by Gasteiger charge is -2.10. The van der Waals surface area contributed by atoms with Gasteiger partial charge < -0.3 is 0 Å². The Morgan fingerprint density at radius 1 is 0.333 bits per heavy atom. The van der Waals surface area contributed by atoms with E-state index in [2.05, 4.69) is 43.8 Å². The van der Waals surface area contributed by atoms with Crippen LogP contribution in [0, 0.1) is 0 Å². The minimum Gasteiger partial charge on any atom is -0.205 e. The van der Waals surface area contributed by atoms with Crippen molar-refractivity contribution in [1.82, 2.24) is 0 Å². The van der Waals surface area contributed by atoms with E-state index in [0.717, 1.165) is 0 Å². The molecule has 0 bridgehead atoms. The maximum atomic E-state index is 2.56. The molecule has 1 rings (SSSR count). The van der Waals surface area contributed by atoms with Crippen molar-refractivity contribution in [2.24, 2.45) is 0 Å². The fraction of sp³-hybridized carbons (Fsp3) is 0.886. The van der Waals surface area contributed by atoms with Crippen LogP contribution in [0.5, 0.6) is 0 Å². The maximum Gasteiger partial charge on any atom is 0.172 e. The second-order valence-electron chi connectivity index (χ2n) is 14.8. The molecule has 0 aliphatic heterocycles. The van der Waals surface area contributed by atoms with Gasteiger partial charge in [-0.3, -0.25) is 0 Å². The molecular weight excluding hydrogens is 542 g/mol. The van der Waals surface area contributed by atoms with Crippen molar-refractivity contribution in [3.05, 3.63) is 29.6 Å². The molecule has 1 heterocycles. The molecule has 1 heteroatoms. The molecule has 0 aliphatic carbocycles. The quantitative estimate of drug-likeness (QED) is 0.0515. The van der Waals surface area contributed by atoms with Gasteiger partial charge in [-0.25, -0.2) is 4.57 Å². The van der Waals surface area contributed by atoms with Crippen molar-refractivity contribution in [2.45, 2.75) is 252 Å². The average molecular weight is 627 g/mol. The third kappa shape index (κ3) is 27.9. The SMILES string of the molecule is CCCCCCCCCCCCCCC[n+]1ccc(CCCCCCCCCCCC)c(CCCCCCCCCCCC)c1. The Bertz CT molecular complexity index is 709. The minimum absolute atomic E-state index is 1.21. The lowest BCUT2D eigenvalue weighted by Crippen LogP contribution is -2.34. The Kier molecular flexibility index (Phi) is 32.3. The zero-order valence-corrected chi connectivity index (χ0v) is 31.6. The van der Waals surface area contributed by atoms with E-state index >= 15 is 0 Å². The minimum atomic E-state index is 1.21. The Balaban J connectivity index is 2.32. The van der Waals surface area contributed by atoms with Crippen molar-refractivity contribution in [2.75, 3.05) is 0 Å². The molecule has 0 N–H and O–H groups in total. The smallest absolute Gasteiger partial charge is 0.172 e. The molecule has 0 saturated heterocycles. The van der Waals surface area contributed by atoms with Crippen LogP contribution in [0.4, 0.5) is 0 Å². The number of unbranched alkanes of at least 4 members (excludes halogenated alkanes) is 30. The van der Waals surface area contributed by atoms with Gasteiger partial charge in [0, 0.05) is 18.1 Å². The Morgan fingerprint density at radius 3 is 0.978 bits per heavy atom. The highest BCUT2D eigenvalue weighted by molar-refractivity contribution is 5.21. The fourth-order valence-corrected chi connectivity index (χ4v) is 7.14. The first kappa shape index (κ1) is 42.2. The predicted octanol–water partition coefficient (Wildman–Crippen LogP) is 15.0. The number of pyridine rings is 1. The van der Waals surface area contributed by atoms with Crippen LogP contribution in [0.15, 0.2) is 18.5 Å². The topological polar surface area (TPSA) is 3.88 Å². The summed E-state index contributed by atoms with van der Waals surface area (Å²) in [5.41, 5.74) is 3.33. The Hall–Kier alpha value is -0.850. The van der Waals surface area contributed by atoms with Gasteiger partial charge in [-0.15, -0.1) is 0 Å². The fourth-order valence-electron chi connectivity index (χ4n) is 7.14. The van der Waals surface area contributed by atoms with Crippen molar-refractivity contribution >= 4 is 0 Å². The normalized spacial score (nSPS) is 11.5. The van der Waals surface area contributed by atoms with Crippen LogP contribution in [0.3, 0.4) is 0 Å².